The molecule has 110 valence electrons. The number of aryl methyl sites for hydroxylation is 2. The fraction of sp³-hybridized carbons (Fsp3) is 0.278. The van der Waals surface area contributed by atoms with Crippen LogP contribution in [0.1, 0.15) is 28.4 Å². The van der Waals surface area contributed by atoms with E-state index in [2.05, 4.69) is 12.2 Å². The maximum absolute atomic E-state index is 12.7. The highest BCUT2D eigenvalue weighted by atomic mass is 16.2. The molecule has 2 rings (SSSR count). The van der Waals surface area contributed by atoms with Crippen LogP contribution in [0.15, 0.2) is 42.5 Å². The van der Waals surface area contributed by atoms with Crippen LogP contribution in [-0.4, -0.2) is 19.5 Å². The minimum absolute atomic E-state index is 0.0184. The van der Waals surface area contributed by atoms with Crippen LogP contribution in [0, 0.1) is 13.8 Å². The average Bonchev–Trinajstić information content (AvgIpc) is 2.47. The summed E-state index contributed by atoms with van der Waals surface area (Å²) in [4.78, 5) is 14.4. The van der Waals surface area contributed by atoms with Crippen molar-refractivity contribution in [1.29, 1.82) is 0 Å². The summed E-state index contributed by atoms with van der Waals surface area (Å²) in [7, 11) is 1.82. The van der Waals surface area contributed by atoms with Crippen LogP contribution in [0.4, 0.5) is 11.4 Å². The third-order valence-corrected chi connectivity index (χ3v) is 3.62. The van der Waals surface area contributed by atoms with Crippen molar-refractivity contribution < 1.29 is 4.79 Å². The molecule has 2 aromatic rings. The van der Waals surface area contributed by atoms with E-state index in [0.717, 1.165) is 34.6 Å². The number of rotatable bonds is 4. The van der Waals surface area contributed by atoms with Gasteiger partial charge in [0.25, 0.3) is 5.91 Å². The molecular formula is C18H22N2O. The highest BCUT2D eigenvalue weighted by Gasteiger charge is 2.16. The van der Waals surface area contributed by atoms with E-state index >= 15 is 0 Å². The molecule has 0 radical (unpaired) electrons. The molecule has 0 bridgehead atoms. The van der Waals surface area contributed by atoms with Gasteiger partial charge in [0.1, 0.15) is 0 Å². The second-order valence-electron chi connectivity index (χ2n) is 5.21. The van der Waals surface area contributed by atoms with Crippen LogP contribution >= 0.6 is 0 Å². The van der Waals surface area contributed by atoms with Gasteiger partial charge < -0.3 is 10.2 Å². The Morgan fingerprint density at radius 2 is 1.81 bits per heavy atom. The minimum atomic E-state index is 0.0184. The molecule has 1 N–H and O–H groups in total. The summed E-state index contributed by atoms with van der Waals surface area (Å²) in [5.41, 5.74) is 4.80. The zero-order chi connectivity index (χ0) is 15.4. The van der Waals surface area contributed by atoms with E-state index in [4.69, 9.17) is 0 Å². The lowest BCUT2D eigenvalue weighted by Crippen LogP contribution is -2.27. The van der Waals surface area contributed by atoms with Gasteiger partial charge in [0, 0.05) is 30.5 Å². The van der Waals surface area contributed by atoms with Crippen molar-refractivity contribution >= 4 is 17.3 Å². The van der Waals surface area contributed by atoms with Crippen LogP contribution in [-0.2, 0) is 0 Å². The molecule has 0 aliphatic heterocycles. The SMILES string of the molecule is CCNc1ccc(C(=O)N(C)c2ccccc2C)c(C)c1. The fourth-order valence-electron chi connectivity index (χ4n) is 2.45. The van der Waals surface area contributed by atoms with Crippen molar-refractivity contribution in [2.75, 3.05) is 23.8 Å². The van der Waals surface area contributed by atoms with E-state index in [9.17, 15) is 4.79 Å². The zero-order valence-electron chi connectivity index (χ0n) is 13.1. The Labute approximate surface area is 126 Å². The van der Waals surface area contributed by atoms with Crippen molar-refractivity contribution in [2.45, 2.75) is 20.8 Å². The number of nitrogens with one attached hydrogen (secondary N) is 1. The summed E-state index contributed by atoms with van der Waals surface area (Å²) in [5, 5.41) is 3.26. The number of benzene rings is 2. The van der Waals surface area contributed by atoms with E-state index in [1.807, 2.05) is 63.4 Å². The monoisotopic (exact) mass is 282 g/mol. The van der Waals surface area contributed by atoms with Crippen molar-refractivity contribution in [3.05, 3.63) is 59.2 Å². The normalized spacial score (nSPS) is 10.3. The first-order valence-electron chi connectivity index (χ1n) is 7.22. The van der Waals surface area contributed by atoms with Crippen LogP contribution < -0.4 is 10.2 Å². The van der Waals surface area contributed by atoms with Gasteiger partial charge in [0.05, 0.1) is 0 Å². The van der Waals surface area contributed by atoms with E-state index in [0.29, 0.717) is 0 Å². The molecule has 0 aromatic heterocycles. The number of amides is 1. The first-order valence-corrected chi connectivity index (χ1v) is 7.22. The first kappa shape index (κ1) is 15.1. The standard InChI is InChI=1S/C18H22N2O/c1-5-19-15-10-11-16(14(3)12-15)18(21)20(4)17-9-7-6-8-13(17)2/h6-12,19H,5H2,1-4H3. The summed E-state index contributed by atoms with van der Waals surface area (Å²) < 4.78 is 0. The Morgan fingerprint density at radius 3 is 2.43 bits per heavy atom. The van der Waals surface area contributed by atoms with Crippen LogP contribution in [0.2, 0.25) is 0 Å². The van der Waals surface area contributed by atoms with E-state index in [1.54, 1.807) is 4.90 Å². The van der Waals surface area contributed by atoms with Crippen LogP contribution in [0.5, 0.6) is 0 Å². The largest absolute Gasteiger partial charge is 0.385 e. The molecule has 3 heteroatoms. The smallest absolute Gasteiger partial charge is 0.258 e. The highest BCUT2D eigenvalue weighted by molar-refractivity contribution is 6.07. The summed E-state index contributed by atoms with van der Waals surface area (Å²) in [6.45, 7) is 6.91. The average molecular weight is 282 g/mol. The lowest BCUT2D eigenvalue weighted by Gasteiger charge is -2.20. The number of anilines is 2. The molecule has 0 heterocycles. The van der Waals surface area contributed by atoms with Crippen molar-refractivity contribution in [1.82, 2.24) is 0 Å². The Hall–Kier alpha value is -2.29. The number of carbonyl (C=O) groups is 1. The molecule has 2 aromatic carbocycles. The summed E-state index contributed by atoms with van der Waals surface area (Å²) >= 11 is 0. The fourth-order valence-corrected chi connectivity index (χ4v) is 2.45. The molecule has 21 heavy (non-hydrogen) atoms. The van der Waals surface area contributed by atoms with Gasteiger partial charge in [-0.2, -0.15) is 0 Å². The van der Waals surface area contributed by atoms with Gasteiger partial charge in [0.2, 0.25) is 0 Å². The molecule has 0 atom stereocenters. The molecule has 0 spiro atoms. The number of para-hydroxylation sites is 1. The topological polar surface area (TPSA) is 32.3 Å². The molecule has 0 aliphatic carbocycles. The number of nitrogens with zero attached hydrogens (tertiary/aromatic N) is 1. The van der Waals surface area contributed by atoms with Gasteiger partial charge in [-0.25, -0.2) is 0 Å². The molecule has 0 unspecified atom stereocenters. The van der Waals surface area contributed by atoms with Crippen LogP contribution in [0.3, 0.4) is 0 Å². The molecule has 0 aliphatic rings. The Balaban J connectivity index is 2.30. The van der Waals surface area contributed by atoms with Crippen molar-refractivity contribution in [2.24, 2.45) is 0 Å². The Bertz CT molecular complexity index is 649. The highest BCUT2D eigenvalue weighted by Crippen LogP contribution is 2.22. The first-order chi connectivity index (χ1) is 10.0. The Kier molecular flexibility index (Phi) is 4.63. The molecule has 0 fully saturated rings. The van der Waals surface area contributed by atoms with Gasteiger partial charge in [-0.05, 0) is 56.2 Å². The third-order valence-electron chi connectivity index (χ3n) is 3.62. The summed E-state index contributed by atoms with van der Waals surface area (Å²) in [6, 6.07) is 13.8. The number of hydrogen-bond acceptors (Lipinski definition) is 2. The molecule has 0 saturated carbocycles. The predicted octanol–water partition coefficient (Wildman–Crippen LogP) is 4.01. The molecule has 0 saturated heterocycles. The lowest BCUT2D eigenvalue weighted by atomic mass is 10.1. The molecular weight excluding hydrogens is 260 g/mol. The predicted molar refractivity (Wildman–Crippen MR) is 89.3 cm³/mol. The second kappa shape index (κ2) is 6.44. The number of carbonyl (C=O) groups excluding carboxylic acids is 1. The van der Waals surface area contributed by atoms with E-state index < -0.39 is 0 Å². The Morgan fingerprint density at radius 1 is 1.10 bits per heavy atom. The zero-order valence-corrected chi connectivity index (χ0v) is 13.1. The maximum Gasteiger partial charge on any atom is 0.258 e. The van der Waals surface area contributed by atoms with E-state index in [1.165, 1.54) is 0 Å². The van der Waals surface area contributed by atoms with Gasteiger partial charge in [-0.15, -0.1) is 0 Å². The van der Waals surface area contributed by atoms with Gasteiger partial charge in [-0.1, -0.05) is 18.2 Å². The minimum Gasteiger partial charge on any atom is -0.385 e. The second-order valence-corrected chi connectivity index (χ2v) is 5.21. The van der Waals surface area contributed by atoms with Gasteiger partial charge in [0.15, 0.2) is 0 Å². The third kappa shape index (κ3) is 3.24. The summed E-state index contributed by atoms with van der Waals surface area (Å²) in [5.74, 6) is 0.0184. The van der Waals surface area contributed by atoms with E-state index in [-0.39, 0.29) is 5.91 Å². The number of hydrogen-bond donors (Lipinski definition) is 1. The lowest BCUT2D eigenvalue weighted by molar-refractivity contribution is 0.0992. The molecule has 1 amide bonds. The maximum atomic E-state index is 12.7. The van der Waals surface area contributed by atoms with Gasteiger partial charge in [-0.3, -0.25) is 4.79 Å². The van der Waals surface area contributed by atoms with Crippen LogP contribution in [0.25, 0.3) is 0 Å². The molecule has 3 nitrogen and oxygen atoms in total. The van der Waals surface area contributed by atoms with Crippen molar-refractivity contribution in [3.8, 4) is 0 Å². The summed E-state index contributed by atoms with van der Waals surface area (Å²) in [6.07, 6.45) is 0. The quantitative estimate of drug-likeness (QED) is 0.919. The van der Waals surface area contributed by atoms with Crippen molar-refractivity contribution in [3.63, 3.8) is 0 Å². The van der Waals surface area contributed by atoms with Gasteiger partial charge >= 0.3 is 0 Å².